The minimum atomic E-state index is -0.519. The fraction of sp³-hybridized carbons (Fsp3) is 0.200. The summed E-state index contributed by atoms with van der Waals surface area (Å²) in [6.45, 7) is 0. The molecule has 1 heterocycles. The molecule has 1 aliphatic carbocycles. The number of aryl methyl sites for hydroxylation is 1. The number of urea groups is 1. The third kappa shape index (κ3) is 3.29. The zero-order chi connectivity index (χ0) is 16.6. The molecule has 0 saturated carbocycles. The molecule has 3 amide bonds. The third-order valence-corrected chi connectivity index (χ3v) is 5.52. The molecule has 0 atom stereocenters. The van der Waals surface area contributed by atoms with E-state index in [0.29, 0.717) is 26.3 Å². The van der Waals surface area contributed by atoms with Crippen molar-refractivity contribution < 1.29 is 9.59 Å². The summed E-state index contributed by atoms with van der Waals surface area (Å²) in [5.41, 5.74) is 7.35. The Bertz CT molecular complexity index is 804. The second-order valence-corrected chi connectivity index (χ2v) is 7.05. The number of carbonyl (C=O) groups excluding carboxylic acids is 2. The van der Waals surface area contributed by atoms with Crippen LogP contribution in [0.2, 0.25) is 10.0 Å². The van der Waals surface area contributed by atoms with Gasteiger partial charge in [0.1, 0.15) is 5.00 Å². The monoisotopic (exact) mass is 369 g/mol. The molecule has 2 aromatic rings. The van der Waals surface area contributed by atoms with Crippen molar-refractivity contribution in [1.29, 1.82) is 0 Å². The first-order valence-electron chi connectivity index (χ1n) is 6.93. The highest BCUT2D eigenvalue weighted by atomic mass is 35.5. The van der Waals surface area contributed by atoms with Crippen molar-refractivity contribution in [3.05, 3.63) is 44.2 Å². The summed E-state index contributed by atoms with van der Waals surface area (Å²) >= 11 is 13.1. The number of nitrogens with two attached hydrogens (primary N) is 1. The summed E-state index contributed by atoms with van der Waals surface area (Å²) in [5.74, 6) is -0.519. The van der Waals surface area contributed by atoms with Crippen LogP contribution in [0.25, 0.3) is 0 Å². The van der Waals surface area contributed by atoms with Gasteiger partial charge in [-0.3, -0.25) is 10.1 Å². The van der Waals surface area contributed by atoms with E-state index in [1.54, 1.807) is 18.2 Å². The van der Waals surface area contributed by atoms with E-state index in [1.165, 1.54) is 11.3 Å². The fourth-order valence-corrected chi connectivity index (χ4v) is 4.18. The standard InChI is InChI=1S/C15H13Cl2N3O2S/c16-9-5-4-7(6-10(9)17)19-15(22)20-14-12(13(18)21)8-2-1-3-11(8)23-14/h4-6H,1-3H2,(H2,18,21)(H2,19,20,22). The van der Waals surface area contributed by atoms with Gasteiger partial charge in [0.2, 0.25) is 0 Å². The van der Waals surface area contributed by atoms with Gasteiger partial charge in [-0.05, 0) is 43.0 Å². The number of carbonyl (C=O) groups is 2. The van der Waals surface area contributed by atoms with Crippen LogP contribution in [0, 0.1) is 0 Å². The van der Waals surface area contributed by atoms with E-state index in [-0.39, 0.29) is 0 Å². The van der Waals surface area contributed by atoms with Gasteiger partial charge in [-0.1, -0.05) is 23.2 Å². The van der Waals surface area contributed by atoms with Crippen molar-refractivity contribution in [2.45, 2.75) is 19.3 Å². The third-order valence-electron chi connectivity index (χ3n) is 3.57. The van der Waals surface area contributed by atoms with E-state index in [2.05, 4.69) is 10.6 Å². The Labute approximate surface area is 146 Å². The van der Waals surface area contributed by atoms with E-state index in [4.69, 9.17) is 28.9 Å². The molecule has 23 heavy (non-hydrogen) atoms. The van der Waals surface area contributed by atoms with E-state index >= 15 is 0 Å². The predicted octanol–water partition coefficient (Wildman–Crippen LogP) is 4.29. The second kappa shape index (κ2) is 6.39. The van der Waals surface area contributed by atoms with Crippen LogP contribution in [-0.2, 0) is 12.8 Å². The van der Waals surface area contributed by atoms with Gasteiger partial charge >= 0.3 is 6.03 Å². The predicted molar refractivity (Wildman–Crippen MR) is 94.0 cm³/mol. The van der Waals surface area contributed by atoms with Crippen LogP contribution in [0.3, 0.4) is 0 Å². The normalized spacial score (nSPS) is 12.8. The summed E-state index contributed by atoms with van der Waals surface area (Å²) < 4.78 is 0. The van der Waals surface area contributed by atoms with Crippen molar-refractivity contribution in [3.63, 3.8) is 0 Å². The van der Waals surface area contributed by atoms with Crippen molar-refractivity contribution in [2.24, 2.45) is 5.73 Å². The van der Waals surface area contributed by atoms with Crippen molar-refractivity contribution >= 4 is 57.2 Å². The molecule has 1 aromatic carbocycles. The number of amides is 3. The van der Waals surface area contributed by atoms with Crippen LogP contribution in [0.15, 0.2) is 18.2 Å². The molecule has 0 saturated heterocycles. The molecule has 0 bridgehead atoms. The Kier molecular flexibility index (Phi) is 4.48. The second-order valence-electron chi connectivity index (χ2n) is 5.13. The highest BCUT2D eigenvalue weighted by molar-refractivity contribution is 7.17. The number of hydrogen-bond donors (Lipinski definition) is 3. The first-order valence-corrected chi connectivity index (χ1v) is 8.50. The van der Waals surface area contributed by atoms with Gasteiger partial charge in [0.25, 0.3) is 5.91 Å². The molecule has 8 heteroatoms. The average Bonchev–Trinajstić information content (AvgIpc) is 3.02. The maximum atomic E-state index is 12.1. The Hall–Kier alpha value is -1.76. The smallest absolute Gasteiger partial charge is 0.324 e. The molecule has 4 N–H and O–H groups in total. The maximum absolute atomic E-state index is 12.1. The topological polar surface area (TPSA) is 84.2 Å². The molecule has 1 aromatic heterocycles. The van der Waals surface area contributed by atoms with E-state index in [1.807, 2.05) is 0 Å². The minimum absolute atomic E-state index is 0.345. The van der Waals surface area contributed by atoms with Crippen LogP contribution in [0.4, 0.5) is 15.5 Å². The molecule has 5 nitrogen and oxygen atoms in total. The Morgan fingerprint density at radius 3 is 2.61 bits per heavy atom. The summed E-state index contributed by atoms with van der Waals surface area (Å²) in [7, 11) is 0. The number of rotatable bonds is 3. The van der Waals surface area contributed by atoms with Crippen LogP contribution in [0.1, 0.15) is 27.2 Å². The minimum Gasteiger partial charge on any atom is -0.365 e. The molecule has 0 fully saturated rings. The van der Waals surface area contributed by atoms with Crippen molar-refractivity contribution in [1.82, 2.24) is 0 Å². The Morgan fingerprint density at radius 1 is 1.13 bits per heavy atom. The highest BCUT2D eigenvalue weighted by Crippen LogP contribution is 2.38. The van der Waals surface area contributed by atoms with Crippen molar-refractivity contribution in [3.8, 4) is 0 Å². The van der Waals surface area contributed by atoms with Crippen LogP contribution >= 0.6 is 34.5 Å². The molecule has 0 unspecified atom stereocenters. The van der Waals surface area contributed by atoms with E-state index in [9.17, 15) is 9.59 Å². The molecule has 3 rings (SSSR count). The number of primary amides is 1. The zero-order valence-electron chi connectivity index (χ0n) is 11.9. The SMILES string of the molecule is NC(=O)c1c(NC(=O)Nc2ccc(Cl)c(Cl)c2)sc2c1CCC2. The Balaban J connectivity index is 1.78. The summed E-state index contributed by atoms with van der Waals surface area (Å²) in [4.78, 5) is 24.9. The van der Waals surface area contributed by atoms with Gasteiger partial charge in [0, 0.05) is 10.6 Å². The van der Waals surface area contributed by atoms with Gasteiger partial charge in [-0.2, -0.15) is 0 Å². The number of benzene rings is 1. The van der Waals surface area contributed by atoms with Crippen molar-refractivity contribution in [2.75, 3.05) is 10.6 Å². The van der Waals surface area contributed by atoms with Gasteiger partial charge < -0.3 is 11.1 Å². The lowest BCUT2D eigenvalue weighted by Gasteiger charge is -2.08. The molecule has 0 radical (unpaired) electrons. The van der Waals surface area contributed by atoms with Crippen LogP contribution < -0.4 is 16.4 Å². The molecule has 1 aliphatic rings. The van der Waals surface area contributed by atoms with Crippen LogP contribution in [-0.4, -0.2) is 11.9 Å². The van der Waals surface area contributed by atoms with E-state index < -0.39 is 11.9 Å². The summed E-state index contributed by atoms with van der Waals surface area (Å²) in [6, 6.07) is 4.31. The number of thiophene rings is 1. The molecular weight excluding hydrogens is 357 g/mol. The van der Waals surface area contributed by atoms with Gasteiger partial charge in [-0.25, -0.2) is 4.79 Å². The molecular formula is C15H13Cl2N3O2S. The fourth-order valence-electron chi connectivity index (χ4n) is 2.59. The lowest BCUT2D eigenvalue weighted by atomic mass is 10.1. The molecule has 0 aliphatic heterocycles. The summed E-state index contributed by atoms with van der Waals surface area (Å²) in [5, 5.41) is 6.58. The number of anilines is 2. The summed E-state index contributed by atoms with van der Waals surface area (Å²) in [6.07, 6.45) is 2.74. The van der Waals surface area contributed by atoms with Gasteiger partial charge in [0.05, 0.1) is 15.6 Å². The molecule has 120 valence electrons. The lowest BCUT2D eigenvalue weighted by Crippen LogP contribution is -2.21. The largest absolute Gasteiger partial charge is 0.365 e. The van der Waals surface area contributed by atoms with Crippen LogP contribution in [0.5, 0.6) is 0 Å². The van der Waals surface area contributed by atoms with Gasteiger partial charge in [-0.15, -0.1) is 11.3 Å². The lowest BCUT2D eigenvalue weighted by molar-refractivity contribution is 0.100. The number of nitrogens with one attached hydrogen (secondary N) is 2. The quantitative estimate of drug-likeness (QED) is 0.753. The zero-order valence-corrected chi connectivity index (χ0v) is 14.2. The number of hydrogen-bond acceptors (Lipinski definition) is 3. The first kappa shape index (κ1) is 16.1. The van der Waals surface area contributed by atoms with E-state index in [0.717, 1.165) is 29.7 Å². The first-order chi connectivity index (χ1) is 11.0. The number of fused-ring (bicyclic) bond motifs is 1. The number of halogens is 2. The molecule has 0 spiro atoms. The maximum Gasteiger partial charge on any atom is 0.324 e. The highest BCUT2D eigenvalue weighted by Gasteiger charge is 2.26. The van der Waals surface area contributed by atoms with Gasteiger partial charge in [0.15, 0.2) is 0 Å². The Morgan fingerprint density at radius 2 is 1.91 bits per heavy atom. The average molecular weight is 370 g/mol.